The summed E-state index contributed by atoms with van der Waals surface area (Å²) < 4.78 is 10.9. The largest absolute Gasteiger partial charge is 0.480 e. The van der Waals surface area contributed by atoms with E-state index in [0.29, 0.717) is 36.4 Å². The van der Waals surface area contributed by atoms with Crippen molar-refractivity contribution in [2.75, 3.05) is 31.6 Å². The first-order chi connectivity index (χ1) is 14.5. The van der Waals surface area contributed by atoms with Gasteiger partial charge in [0.1, 0.15) is 6.10 Å². The molecule has 0 saturated carbocycles. The number of amides is 2. The monoisotopic (exact) mass is 430 g/mol. The first-order valence-electron chi connectivity index (χ1n) is 9.92. The molecule has 2 aromatic rings. The summed E-state index contributed by atoms with van der Waals surface area (Å²) in [5, 5.41) is 8.50. The Balaban J connectivity index is 1.36. The molecule has 0 radical (unpaired) electrons. The summed E-state index contributed by atoms with van der Waals surface area (Å²) in [5.74, 6) is 0.412. The number of methoxy groups -OCH3 is 1. The lowest BCUT2D eigenvalue weighted by Gasteiger charge is -2.34. The van der Waals surface area contributed by atoms with E-state index in [1.807, 2.05) is 0 Å². The van der Waals surface area contributed by atoms with Gasteiger partial charge in [0.2, 0.25) is 23.6 Å². The maximum absolute atomic E-state index is 13.1. The maximum Gasteiger partial charge on any atom is 0.233 e. The molecule has 2 atom stereocenters. The van der Waals surface area contributed by atoms with Crippen LogP contribution >= 0.6 is 11.6 Å². The van der Waals surface area contributed by atoms with Crippen molar-refractivity contribution in [3.63, 3.8) is 0 Å². The fraction of sp³-hybridized carbons (Fsp3) is 0.429. The zero-order valence-electron chi connectivity index (χ0n) is 16.7. The predicted octanol–water partition coefficient (Wildman–Crippen LogP) is 2.56. The average molecular weight is 431 g/mol. The Labute approximate surface area is 179 Å². The quantitative estimate of drug-likeness (QED) is 0.724. The second-order valence-electron chi connectivity index (χ2n) is 7.46. The molecule has 0 aliphatic carbocycles. The van der Waals surface area contributed by atoms with Crippen LogP contribution in [0.3, 0.4) is 0 Å². The number of anilines is 1. The van der Waals surface area contributed by atoms with Crippen LogP contribution in [-0.2, 0) is 9.59 Å². The van der Waals surface area contributed by atoms with Crippen LogP contribution in [0.2, 0.25) is 5.02 Å². The SMILES string of the molecule is COc1ccc(OC2CCCN(C(=O)C3CC(=O)N(c4ccc(Cl)cc4)C3)C2)nn1. The Hall–Kier alpha value is -2.87. The molecule has 4 rings (SSSR count). The Kier molecular flexibility index (Phi) is 6.03. The molecule has 1 aromatic heterocycles. The van der Waals surface area contributed by atoms with Crippen LogP contribution in [0.5, 0.6) is 11.8 Å². The summed E-state index contributed by atoms with van der Waals surface area (Å²) in [5.41, 5.74) is 0.762. The second kappa shape index (κ2) is 8.87. The van der Waals surface area contributed by atoms with Crippen LogP contribution in [-0.4, -0.2) is 59.8 Å². The van der Waals surface area contributed by atoms with Gasteiger partial charge in [-0.3, -0.25) is 9.59 Å². The number of nitrogens with zero attached hydrogens (tertiary/aromatic N) is 4. The second-order valence-corrected chi connectivity index (χ2v) is 7.90. The van der Waals surface area contributed by atoms with Gasteiger partial charge in [-0.15, -0.1) is 10.2 Å². The zero-order valence-corrected chi connectivity index (χ0v) is 17.4. The Bertz CT molecular complexity index is 906. The number of hydrogen-bond acceptors (Lipinski definition) is 6. The van der Waals surface area contributed by atoms with Gasteiger partial charge in [-0.1, -0.05) is 11.6 Å². The lowest BCUT2D eigenvalue weighted by Crippen LogP contribution is -2.47. The minimum absolute atomic E-state index is 0.00562. The van der Waals surface area contributed by atoms with Crippen molar-refractivity contribution in [1.82, 2.24) is 15.1 Å². The fourth-order valence-electron chi connectivity index (χ4n) is 3.89. The third-order valence-corrected chi connectivity index (χ3v) is 5.67. The molecule has 0 spiro atoms. The van der Waals surface area contributed by atoms with Gasteiger partial charge in [0.15, 0.2) is 0 Å². The van der Waals surface area contributed by atoms with Crippen LogP contribution in [0.1, 0.15) is 19.3 Å². The molecule has 0 N–H and O–H groups in total. The van der Waals surface area contributed by atoms with E-state index in [2.05, 4.69) is 10.2 Å². The number of likely N-dealkylation sites (tertiary alicyclic amines) is 1. The van der Waals surface area contributed by atoms with E-state index in [9.17, 15) is 9.59 Å². The Morgan fingerprint density at radius 2 is 1.83 bits per heavy atom. The summed E-state index contributed by atoms with van der Waals surface area (Å²) in [6, 6.07) is 10.5. The van der Waals surface area contributed by atoms with Gasteiger partial charge >= 0.3 is 0 Å². The van der Waals surface area contributed by atoms with E-state index < -0.39 is 0 Å². The van der Waals surface area contributed by atoms with Gasteiger partial charge in [0.25, 0.3) is 0 Å². The van der Waals surface area contributed by atoms with E-state index in [-0.39, 0.29) is 30.3 Å². The topological polar surface area (TPSA) is 84.9 Å². The third kappa shape index (κ3) is 4.48. The average Bonchev–Trinajstić information content (AvgIpc) is 3.16. The summed E-state index contributed by atoms with van der Waals surface area (Å²) in [7, 11) is 1.52. The highest BCUT2D eigenvalue weighted by Gasteiger charge is 2.38. The van der Waals surface area contributed by atoms with Crippen molar-refractivity contribution in [2.24, 2.45) is 5.92 Å². The van der Waals surface area contributed by atoms with Crippen molar-refractivity contribution in [3.05, 3.63) is 41.4 Å². The first kappa shape index (κ1) is 20.4. The standard InChI is InChI=1S/C21H23ClN4O4/c1-29-18-8-9-19(24-23-18)30-17-3-2-10-25(13-17)21(28)14-11-20(27)26(12-14)16-6-4-15(22)5-7-16/h4-9,14,17H,2-3,10-13H2,1H3. The van der Waals surface area contributed by atoms with E-state index >= 15 is 0 Å². The molecule has 2 aliphatic heterocycles. The first-order valence-corrected chi connectivity index (χ1v) is 10.3. The van der Waals surface area contributed by atoms with Gasteiger partial charge in [-0.05, 0) is 37.1 Å². The number of piperidine rings is 1. The highest BCUT2D eigenvalue weighted by Crippen LogP contribution is 2.28. The molecule has 8 nitrogen and oxygen atoms in total. The molecule has 9 heteroatoms. The third-order valence-electron chi connectivity index (χ3n) is 5.41. The van der Waals surface area contributed by atoms with E-state index in [1.165, 1.54) is 7.11 Å². The zero-order chi connectivity index (χ0) is 21.1. The number of halogens is 1. The molecule has 2 amide bonds. The van der Waals surface area contributed by atoms with E-state index in [1.54, 1.807) is 46.2 Å². The Morgan fingerprint density at radius 1 is 1.10 bits per heavy atom. The molecule has 1 aromatic carbocycles. The number of rotatable bonds is 5. The van der Waals surface area contributed by atoms with E-state index in [0.717, 1.165) is 18.5 Å². The van der Waals surface area contributed by atoms with Crippen LogP contribution in [0.4, 0.5) is 5.69 Å². The van der Waals surface area contributed by atoms with Crippen molar-refractivity contribution >= 4 is 29.1 Å². The van der Waals surface area contributed by atoms with Crippen LogP contribution in [0.25, 0.3) is 0 Å². The summed E-state index contributed by atoms with van der Waals surface area (Å²) in [6.45, 7) is 1.52. The molecule has 30 heavy (non-hydrogen) atoms. The van der Waals surface area contributed by atoms with Crippen molar-refractivity contribution in [2.45, 2.75) is 25.4 Å². The Morgan fingerprint density at radius 3 is 2.53 bits per heavy atom. The molecule has 0 bridgehead atoms. The predicted molar refractivity (Wildman–Crippen MR) is 111 cm³/mol. The number of carbonyl (C=O) groups excluding carboxylic acids is 2. The number of hydrogen-bond donors (Lipinski definition) is 0. The van der Waals surface area contributed by atoms with Gasteiger partial charge in [0.05, 0.1) is 19.6 Å². The van der Waals surface area contributed by atoms with Gasteiger partial charge in [-0.2, -0.15) is 0 Å². The van der Waals surface area contributed by atoms with Crippen molar-refractivity contribution in [3.8, 4) is 11.8 Å². The highest BCUT2D eigenvalue weighted by atomic mass is 35.5. The molecular formula is C21H23ClN4O4. The summed E-state index contributed by atoms with van der Waals surface area (Å²) >= 11 is 5.93. The van der Waals surface area contributed by atoms with Crippen molar-refractivity contribution in [1.29, 1.82) is 0 Å². The number of aromatic nitrogens is 2. The number of carbonyl (C=O) groups is 2. The van der Waals surface area contributed by atoms with Gasteiger partial charge in [-0.25, -0.2) is 0 Å². The summed E-state index contributed by atoms with van der Waals surface area (Å²) in [6.07, 6.45) is 1.72. The smallest absolute Gasteiger partial charge is 0.233 e. The molecule has 3 heterocycles. The van der Waals surface area contributed by atoms with Crippen molar-refractivity contribution < 1.29 is 19.1 Å². The lowest BCUT2D eigenvalue weighted by molar-refractivity contribution is -0.138. The highest BCUT2D eigenvalue weighted by molar-refractivity contribution is 6.30. The molecule has 158 valence electrons. The molecular weight excluding hydrogens is 408 g/mol. The van der Waals surface area contributed by atoms with E-state index in [4.69, 9.17) is 21.1 Å². The van der Waals surface area contributed by atoms with Gasteiger partial charge in [0, 0.05) is 42.4 Å². The summed E-state index contributed by atoms with van der Waals surface area (Å²) in [4.78, 5) is 29.0. The maximum atomic E-state index is 13.1. The minimum atomic E-state index is -0.354. The number of ether oxygens (including phenoxy) is 2. The van der Waals surface area contributed by atoms with Crippen LogP contribution in [0.15, 0.2) is 36.4 Å². The normalized spacial score (nSPS) is 21.6. The van der Waals surface area contributed by atoms with Crippen LogP contribution in [0, 0.1) is 5.92 Å². The molecule has 2 saturated heterocycles. The number of benzene rings is 1. The minimum Gasteiger partial charge on any atom is -0.480 e. The van der Waals surface area contributed by atoms with Crippen LogP contribution < -0.4 is 14.4 Å². The lowest BCUT2D eigenvalue weighted by atomic mass is 10.0. The fourth-order valence-corrected chi connectivity index (χ4v) is 4.01. The molecule has 2 unspecified atom stereocenters. The molecule has 2 fully saturated rings. The van der Waals surface area contributed by atoms with Gasteiger partial charge < -0.3 is 19.3 Å². The molecule has 2 aliphatic rings.